The van der Waals surface area contributed by atoms with Gasteiger partial charge in [0.2, 0.25) is 5.91 Å². The van der Waals surface area contributed by atoms with Gasteiger partial charge in [-0.3, -0.25) is 14.6 Å². The summed E-state index contributed by atoms with van der Waals surface area (Å²) in [6, 6.07) is 26.5. The van der Waals surface area contributed by atoms with Crippen LogP contribution in [0.15, 0.2) is 78.9 Å². The molecule has 1 spiro atoms. The third kappa shape index (κ3) is 4.08. The number of benzene rings is 3. The zero-order valence-electron chi connectivity index (χ0n) is 18.0. The number of aryl methyl sites for hydroxylation is 1. The predicted octanol–water partition coefficient (Wildman–Crippen LogP) is 5.48. The summed E-state index contributed by atoms with van der Waals surface area (Å²) < 4.78 is 6.63. The van der Waals surface area contributed by atoms with Crippen molar-refractivity contribution >= 4 is 17.3 Å². The quantitative estimate of drug-likeness (QED) is 0.571. The van der Waals surface area contributed by atoms with Gasteiger partial charge >= 0.3 is 0 Å². The molecule has 5 rings (SSSR count). The first-order chi connectivity index (χ1) is 15.1. The first-order valence-electron chi connectivity index (χ1n) is 11.1. The topological polar surface area (TPSA) is 32.8 Å². The molecule has 0 bridgehead atoms. The number of piperidine rings is 1. The maximum absolute atomic E-state index is 13.5. The van der Waals surface area contributed by atoms with E-state index in [4.69, 9.17) is 4.74 Å². The number of carbonyl (C=O) groups is 1. The lowest BCUT2D eigenvalue weighted by Gasteiger charge is -2.40. The van der Waals surface area contributed by atoms with Crippen LogP contribution in [-0.4, -0.2) is 29.5 Å². The summed E-state index contributed by atoms with van der Waals surface area (Å²) in [5, 5.41) is 0. The van der Waals surface area contributed by atoms with Gasteiger partial charge in [0.05, 0.1) is 12.1 Å². The van der Waals surface area contributed by atoms with Crippen molar-refractivity contribution in [3.05, 3.63) is 90.0 Å². The van der Waals surface area contributed by atoms with E-state index in [-0.39, 0.29) is 5.91 Å². The number of nitrogens with zero attached hydrogens (tertiary/aromatic N) is 2. The Hall–Kier alpha value is -3.11. The van der Waals surface area contributed by atoms with Crippen LogP contribution >= 0.6 is 0 Å². The Morgan fingerprint density at radius 1 is 0.871 bits per heavy atom. The highest BCUT2D eigenvalue weighted by Gasteiger charge is 2.43. The second kappa shape index (κ2) is 8.20. The van der Waals surface area contributed by atoms with Gasteiger partial charge < -0.3 is 4.74 Å². The van der Waals surface area contributed by atoms with Gasteiger partial charge in [-0.1, -0.05) is 60.2 Å². The van der Waals surface area contributed by atoms with Crippen LogP contribution in [-0.2, 0) is 11.3 Å². The average Bonchev–Trinajstić information content (AvgIpc) is 2.91. The normalized spacial score (nSPS) is 18.4. The molecule has 0 radical (unpaired) electrons. The van der Waals surface area contributed by atoms with Crippen molar-refractivity contribution in [1.82, 2.24) is 4.90 Å². The van der Waals surface area contributed by atoms with Crippen LogP contribution in [0.3, 0.4) is 0 Å². The molecular formula is C27H28N2O2. The lowest BCUT2D eigenvalue weighted by molar-refractivity contribution is -0.122. The lowest BCUT2D eigenvalue weighted by Crippen LogP contribution is -2.49. The third-order valence-corrected chi connectivity index (χ3v) is 6.46. The summed E-state index contributed by atoms with van der Waals surface area (Å²) in [5.41, 5.74) is 3.89. The molecule has 3 aromatic carbocycles. The number of hydrogen-bond acceptors (Lipinski definition) is 3. The molecule has 0 saturated carbocycles. The molecule has 158 valence electrons. The Morgan fingerprint density at radius 3 is 2.29 bits per heavy atom. The molecule has 1 saturated heterocycles. The van der Waals surface area contributed by atoms with Crippen molar-refractivity contribution < 1.29 is 9.53 Å². The van der Waals surface area contributed by atoms with E-state index in [2.05, 4.69) is 36.1 Å². The second-order valence-corrected chi connectivity index (χ2v) is 8.76. The van der Waals surface area contributed by atoms with E-state index >= 15 is 0 Å². The SMILES string of the molecule is Cc1ccc(CN2CCC3(CC2)CC(=O)N(c2ccccc2)c2ccccc2O3)cc1. The first-order valence-corrected chi connectivity index (χ1v) is 11.1. The molecule has 0 N–H and O–H groups in total. The van der Waals surface area contributed by atoms with Gasteiger partial charge in [0, 0.05) is 38.2 Å². The molecule has 4 nitrogen and oxygen atoms in total. The van der Waals surface area contributed by atoms with Crippen molar-refractivity contribution in [3.8, 4) is 5.75 Å². The molecule has 2 heterocycles. The summed E-state index contributed by atoms with van der Waals surface area (Å²) in [4.78, 5) is 17.8. The second-order valence-electron chi connectivity index (χ2n) is 8.76. The van der Waals surface area contributed by atoms with Crippen LogP contribution in [0, 0.1) is 6.92 Å². The van der Waals surface area contributed by atoms with E-state index in [1.165, 1.54) is 11.1 Å². The highest BCUT2D eigenvalue weighted by Crippen LogP contribution is 2.43. The minimum atomic E-state index is -0.444. The highest BCUT2D eigenvalue weighted by molar-refractivity contribution is 6.03. The van der Waals surface area contributed by atoms with Crippen LogP contribution in [0.4, 0.5) is 11.4 Å². The molecule has 2 aliphatic heterocycles. The Kier molecular flexibility index (Phi) is 5.24. The summed E-state index contributed by atoms with van der Waals surface area (Å²) in [5.74, 6) is 0.896. The molecule has 3 aromatic rings. The van der Waals surface area contributed by atoms with Crippen LogP contribution in [0.1, 0.15) is 30.4 Å². The summed E-state index contributed by atoms with van der Waals surface area (Å²) >= 11 is 0. The summed E-state index contributed by atoms with van der Waals surface area (Å²) in [6.07, 6.45) is 2.10. The third-order valence-electron chi connectivity index (χ3n) is 6.46. The number of amides is 1. The maximum Gasteiger partial charge on any atom is 0.235 e. The Morgan fingerprint density at radius 2 is 1.55 bits per heavy atom. The van der Waals surface area contributed by atoms with E-state index in [0.717, 1.165) is 49.6 Å². The van der Waals surface area contributed by atoms with Crippen LogP contribution < -0.4 is 9.64 Å². The van der Waals surface area contributed by atoms with Gasteiger partial charge in [0.1, 0.15) is 11.4 Å². The van der Waals surface area contributed by atoms with Crippen molar-refractivity contribution in [2.75, 3.05) is 18.0 Å². The molecule has 0 unspecified atom stereocenters. The largest absolute Gasteiger partial charge is 0.484 e. The summed E-state index contributed by atoms with van der Waals surface area (Å²) in [7, 11) is 0. The zero-order valence-corrected chi connectivity index (χ0v) is 18.0. The van der Waals surface area contributed by atoms with Crippen molar-refractivity contribution in [2.24, 2.45) is 0 Å². The predicted molar refractivity (Wildman–Crippen MR) is 124 cm³/mol. The Bertz CT molecular complexity index is 1050. The van der Waals surface area contributed by atoms with E-state index in [1.54, 1.807) is 0 Å². The van der Waals surface area contributed by atoms with Gasteiger partial charge in [0.15, 0.2) is 0 Å². The fraction of sp³-hybridized carbons (Fsp3) is 0.296. The maximum atomic E-state index is 13.5. The molecular weight excluding hydrogens is 384 g/mol. The number of fused-ring (bicyclic) bond motifs is 1. The molecule has 1 amide bonds. The van der Waals surface area contributed by atoms with E-state index in [0.29, 0.717) is 6.42 Å². The smallest absolute Gasteiger partial charge is 0.235 e. The van der Waals surface area contributed by atoms with Crippen LogP contribution in [0.5, 0.6) is 5.75 Å². The standard InChI is InChI=1S/C27H28N2O2/c1-21-11-13-22(14-12-21)20-28-17-15-27(16-18-28)19-26(30)29(23-7-3-2-4-8-23)24-9-5-6-10-25(24)31-27/h2-14H,15-20H2,1H3. The number of ether oxygens (including phenoxy) is 1. The number of para-hydroxylation sites is 3. The minimum Gasteiger partial charge on any atom is -0.484 e. The Balaban J connectivity index is 1.37. The van der Waals surface area contributed by atoms with Gasteiger partial charge in [-0.15, -0.1) is 0 Å². The van der Waals surface area contributed by atoms with E-state index in [9.17, 15) is 4.79 Å². The molecule has 0 atom stereocenters. The number of anilines is 2. The number of hydrogen-bond donors (Lipinski definition) is 0. The van der Waals surface area contributed by atoms with E-state index < -0.39 is 5.60 Å². The number of carbonyl (C=O) groups excluding carboxylic acids is 1. The number of likely N-dealkylation sites (tertiary alicyclic amines) is 1. The van der Waals surface area contributed by atoms with Gasteiger partial charge in [-0.2, -0.15) is 0 Å². The van der Waals surface area contributed by atoms with Crippen LogP contribution in [0.2, 0.25) is 0 Å². The van der Waals surface area contributed by atoms with Gasteiger partial charge in [-0.25, -0.2) is 0 Å². The molecule has 2 aliphatic rings. The molecule has 31 heavy (non-hydrogen) atoms. The number of rotatable bonds is 3. The van der Waals surface area contributed by atoms with Gasteiger partial charge in [0.25, 0.3) is 0 Å². The minimum absolute atomic E-state index is 0.100. The monoisotopic (exact) mass is 412 g/mol. The first kappa shape index (κ1) is 19.8. The van der Waals surface area contributed by atoms with Gasteiger partial charge in [-0.05, 0) is 36.8 Å². The fourth-order valence-corrected chi connectivity index (χ4v) is 4.70. The van der Waals surface area contributed by atoms with Crippen LogP contribution in [0.25, 0.3) is 0 Å². The fourth-order valence-electron chi connectivity index (χ4n) is 4.70. The van der Waals surface area contributed by atoms with E-state index in [1.807, 2.05) is 59.5 Å². The molecule has 1 fully saturated rings. The molecule has 4 heteroatoms. The summed E-state index contributed by atoms with van der Waals surface area (Å²) in [6.45, 7) is 4.91. The lowest BCUT2D eigenvalue weighted by atomic mass is 9.87. The average molecular weight is 413 g/mol. The van der Waals surface area contributed by atoms with Crippen molar-refractivity contribution in [2.45, 2.75) is 38.3 Å². The zero-order chi connectivity index (χ0) is 21.3. The molecule has 0 aliphatic carbocycles. The molecule has 0 aromatic heterocycles. The highest BCUT2D eigenvalue weighted by atomic mass is 16.5. The van der Waals surface area contributed by atoms with Crippen molar-refractivity contribution in [1.29, 1.82) is 0 Å². The Labute approximate surface area is 184 Å². The van der Waals surface area contributed by atoms with Crippen molar-refractivity contribution in [3.63, 3.8) is 0 Å².